The highest BCUT2D eigenvalue weighted by atomic mass is 32.1. The number of carboxylic acids is 1. The summed E-state index contributed by atoms with van der Waals surface area (Å²) < 4.78 is 0. The molecule has 0 aromatic carbocycles. The number of thiophene rings is 4. The molecule has 0 aliphatic carbocycles. The number of fused-ring (bicyclic) bond motifs is 8. The second kappa shape index (κ2) is 16.6. The molecule has 60 heavy (non-hydrogen) atoms. The highest BCUT2D eigenvalue weighted by Crippen LogP contribution is 2.44. The van der Waals surface area contributed by atoms with E-state index >= 15 is 0 Å². The van der Waals surface area contributed by atoms with Crippen LogP contribution in [0.25, 0.3) is 94.2 Å². The van der Waals surface area contributed by atoms with E-state index in [0.29, 0.717) is 0 Å². The molecule has 0 radical (unpaired) electrons. The van der Waals surface area contributed by atoms with Crippen LogP contribution in [0, 0.1) is 32.1 Å². The lowest BCUT2D eigenvalue weighted by atomic mass is 10.0. The van der Waals surface area contributed by atoms with Crippen molar-refractivity contribution in [2.24, 2.45) is 0 Å². The summed E-state index contributed by atoms with van der Waals surface area (Å²) >= 11 is 6.75. The molecule has 0 saturated heterocycles. The molecule has 9 rings (SSSR count). The van der Waals surface area contributed by atoms with Gasteiger partial charge in [0.15, 0.2) is 0 Å². The Balaban J connectivity index is 1.42. The topological polar surface area (TPSA) is 118 Å². The Hall–Kier alpha value is -5.90. The fraction of sp³-hybridized carbons (Fsp3) is 0.184. The molecule has 7 nitrogen and oxygen atoms in total. The number of H-pyrrole nitrogens is 2. The summed E-state index contributed by atoms with van der Waals surface area (Å²) in [6.45, 7) is 8.60. The summed E-state index contributed by atoms with van der Waals surface area (Å²) in [5, 5.41) is 19.5. The van der Waals surface area contributed by atoms with Gasteiger partial charge in [-0.3, -0.25) is 0 Å². The number of aromatic nitrogens is 4. The van der Waals surface area contributed by atoms with Crippen molar-refractivity contribution in [1.82, 2.24) is 19.9 Å². The summed E-state index contributed by atoms with van der Waals surface area (Å²) in [4.78, 5) is 39.4. The SMILES string of the molecule is CCCCCCc1cc(/C=C(/C#N)C(=O)O)sc1-c1c2nc(c(-c3ccc(C)s3)c3ccc([nH]3)c(-c3ccc(C)s3)c3nc(c(-c4ccc(C)s4)c4ccc1[nH]4)C=C3)C=C2. The normalized spacial score (nSPS) is 12.4. The summed E-state index contributed by atoms with van der Waals surface area (Å²) in [7, 11) is 0. The molecule has 11 heteroatoms. The lowest BCUT2D eigenvalue weighted by molar-refractivity contribution is -0.132. The maximum Gasteiger partial charge on any atom is 0.346 e. The number of nitriles is 1. The van der Waals surface area contributed by atoms with E-state index in [4.69, 9.17) is 9.97 Å². The van der Waals surface area contributed by atoms with Crippen LogP contribution >= 0.6 is 45.3 Å². The fourth-order valence-corrected chi connectivity index (χ4v) is 11.9. The number of aryl methyl sites for hydroxylation is 4. The predicted molar refractivity (Wildman–Crippen MR) is 255 cm³/mol. The zero-order valence-corrected chi connectivity index (χ0v) is 36.9. The van der Waals surface area contributed by atoms with Gasteiger partial charge in [0, 0.05) is 83.3 Å². The minimum absolute atomic E-state index is 0.295. The largest absolute Gasteiger partial charge is 0.477 e. The van der Waals surface area contributed by atoms with E-state index < -0.39 is 5.97 Å². The van der Waals surface area contributed by atoms with Gasteiger partial charge in [-0.25, -0.2) is 14.8 Å². The van der Waals surface area contributed by atoms with Gasteiger partial charge in [-0.15, -0.1) is 45.3 Å². The lowest BCUT2D eigenvalue weighted by Crippen LogP contribution is -1.96. The number of unbranched alkanes of at least 4 members (excludes halogenated alkanes) is 3. The third kappa shape index (κ3) is 7.68. The van der Waals surface area contributed by atoms with Gasteiger partial charge in [-0.2, -0.15) is 5.26 Å². The molecule has 0 spiro atoms. The van der Waals surface area contributed by atoms with Gasteiger partial charge in [-0.05, 0) is 136 Å². The number of hydrogen-bond donors (Lipinski definition) is 3. The van der Waals surface area contributed by atoms with Crippen molar-refractivity contribution in [3.05, 3.63) is 120 Å². The van der Waals surface area contributed by atoms with Crippen LogP contribution in [0.15, 0.2) is 72.3 Å². The van der Waals surface area contributed by atoms with Crippen LogP contribution in [-0.2, 0) is 11.2 Å². The summed E-state index contributed by atoms with van der Waals surface area (Å²) in [5.41, 5.74) is 12.0. The average molecular weight is 860 g/mol. The second-order valence-electron chi connectivity index (χ2n) is 15.0. The predicted octanol–water partition coefficient (Wildman–Crippen LogP) is 14.6. The molecule has 2 aliphatic heterocycles. The highest BCUT2D eigenvalue weighted by Gasteiger charge is 2.22. The number of nitrogens with one attached hydrogen (secondary N) is 2. The summed E-state index contributed by atoms with van der Waals surface area (Å²) in [6.07, 6.45) is 15.1. The Labute approximate surface area is 364 Å². The third-order valence-electron chi connectivity index (χ3n) is 10.7. The minimum Gasteiger partial charge on any atom is -0.477 e. The molecule has 0 atom stereocenters. The molecule has 7 aromatic rings. The van der Waals surface area contributed by atoms with Gasteiger partial charge < -0.3 is 15.1 Å². The van der Waals surface area contributed by atoms with E-state index in [1.165, 1.54) is 32.0 Å². The zero-order valence-electron chi connectivity index (χ0n) is 33.6. The number of rotatable bonds is 11. The van der Waals surface area contributed by atoms with Gasteiger partial charge in [0.2, 0.25) is 0 Å². The Bertz CT molecular complexity index is 3090. The molecular weight excluding hydrogens is 819 g/mol. The highest BCUT2D eigenvalue weighted by molar-refractivity contribution is 7.17. The molecule has 8 bridgehead atoms. The monoisotopic (exact) mass is 859 g/mol. The first-order chi connectivity index (χ1) is 29.2. The van der Waals surface area contributed by atoms with E-state index in [2.05, 4.69) is 129 Å². The standard InChI is InChI=1S/C49H41N5O2S4/c1-5-6-7-8-9-30-24-32(25-31(26-50)49(55)56)60-48(30)47-39-19-17-37(53-39)45(42-22-11-28(3)58-42)35-15-13-33(51-35)44(41-21-10-27(2)57-41)34-14-16-36(52-34)46(38-18-20-40(47)54-38)43-23-12-29(4)59-43/h10-25,51,54H,5-9H2,1-4H3,(H,55,56)/b31-25-,44-33?,44-34?,45-35?,45-37?,46-36?,46-38?,47-39?,47-40?. The molecule has 0 unspecified atom stereocenters. The van der Waals surface area contributed by atoms with Crippen LogP contribution in [0.1, 0.15) is 80.5 Å². The number of nitrogens with zero attached hydrogens (tertiary/aromatic N) is 3. The number of aliphatic carboxylic acids is 1. The summed E-state index contributed by atoms with van der Waals surface area (Å²) in [5.74, 6) is -1.24. The van der Waals surface area contributed by atoms with Crippen molar-refractivity contribution < 1.29 is 9.90 Å². The first kappa shape index (κ1) is 39.6. The Morgan fingerprint density at radius 2 is 1.10 bits per heavy atom. The third-order valence-corrected chi connectivity index (χ3v) is 14.9. The molecule has 0 saturated carbocycles. The molecular formula is C49H41N5O2S4. The molecule has 9 heterocycles. The quantitative estimate of drug-likeness (QED) is 0.0680. The molecule has 298 valence electrons. The van der Waals surface area contributed by atoms with Gasteiger partial charge in [0.1, 0.15) is 11.6 Å². The second-order valence-corrected chi connectivity index (χ2v) is 20.0. The van der Waals surface area contributed by atoms with Gasteiger partial charge in [0.05, 0.1) is 22.8 Å². The van der Waals surface area contributed by atoms with Crippen molar-refractivity contribution in [1.29, 1.82) is 5.26 Å². The Morgan fingerprint density at radius 1 is 0.650 bits per heavy atom. The summed E-state index contributed by atoms with van der Waals surface area (Å²) in [6, 6.07) is 25.5. The maximum absolute atomic E-state index is 12.0. The van der Waals surface area contributed by atoms with Crippen molar-refractivity contribution in [2.45, 2.75) is 59.8 Å². The van der Waals surface area contributed by atoms with Gasteiger partial charge in [-0.1, -0.05) is 26.2 Å². The molecule has 3 N–H and O–H groups in total. The number of carboxylic acid groups (broad SMARTS) is 1. The molecule has 0 fully saturated rings. The minimum atomic E-state index is -1.24. The maximum atomic E-state index is 12.0. The Morgan fingerprint density at radius 3 is 1.50 bits per heavy atom. The van der Waals surface area contributed by atoms with Crippen molar-refractivity contribution in [3.8, 4) is 47.8 Å². The molecule has 0 amide bonds. The lowest BCUT2D eigenvalue weighted by Gasteiger charge is -2.07. The van der Waals surface area contributed by atoms with Crippen LogP contribution in [0.3, 0.4) is 0 Å². The van der Waals surface area contributed by atoms with Crippen LogP contribution in [0.5, 0.6) is 0 Å². The van der Waals surface area contributed by atoms with E-state index in [1.54, 1.807) is 34.0 Å². The smallest absolute Gasteiger partial charge is 0.346 e. The van der Waals surface area contributed by atoms with Crippen LogP contribution in [-0.4, -0.2) is 31.0 Å². The van der Waals surface area contributed by atoms with Crippen LogP contribution < -0.4 is 0 Å². The van der Waals surface area contributed by atoms with Crippen molar-refractivity contribution in [3.63, 3.8) is 0 Å². The molecule has 7 aromatic heterocycles. The van der Waals surface area contributed by atoms with E-state index in [0.717, 1.165) is 129 Å². The van der Waals surface area contributed by atoms with Crippen LogP contribution in [0.4, 0.5) is 0 Å². The number of hydrogen-bond acceptors (Lipinski definition) is 8. The van der Waals surface area contributed by atoms with E-state index in [9.17, 15) is 15.2 Å². The van der Waals surface area contributed by atoms with Crippen LogP contribution in [0.2, 0.25) is 0 Å². The van der Waals surface area contributed by atoms with E-state index in [-0.39, 0.29) is 5.57 Å². The fourth-order valence-electron chi connectivity index (χ4n) is 7.87. The number of aromatic amines is 2. The molecule has 2 aliphatic rings. The van der Waals surface area contributed by atoms with E-state index in [1.807, 2.05) is 6.07 Å². The first-order valence-corrected chi connectivity index (χ1v) is 23.3. The Kier molecular flexibility index (Phi) is 11.0. The van der Waals surface area contributed by atoms with Crippen molar-refractivity contribution >= 4 is 104 Å². The number of carbonyl (C=O) groups is 1. The average Bonchev–Trinajstić information content (AvgIpc) is 4.07. The zero-order chi connectivity index (χ0) is 41.5. The first-order valence-electron chi connectivity index (χ1n) is 20.0. The van der Waals surface area contributed by atoms with Gasteiger partial charge >= 0.3 is 5.97 Å². The van der Waals surface area contributed by atoms with Gasteiger partial charge in [0.25, 0.3) is 0 Å². The van der Waals surface area contributed by atoms with Crippen molar-refractivity contribution in [2.75, 3.05) is 0 Å².